The lowest BCUT2D eigenvalue weighted by Crippen LogP contribution is -2.47. The third-order valence-electron chi connectivity index (χ3n) is 3.13. The second-order valence-corrected chi connectivity index (χ2v) is 5.00. The minimum atomic E-state index is -0.379. The molecule has 0 spiro atoms. The van der Waals surface area contributed by atoms with Gasteiger partial charge in [-0.25, -0.2) is 0 Å². The number of rotatable bonds is 6. The van der Waals surface area contributed by atoms with Crippen molar-refractivity contribution in [2.75, 3.05) is 7.11 Å². The molecule has 0 aliphatic carbocycles. The first-order valence-corrected chi connectivity index (χ1v) is 5.95. The number of benzene rings is 1. The molecule has 0 amide bonds. The van der Waals surface area contributed by atoms with Crippen molar-refractivity contribution in [3.05, 3.63) is 35.4 Å². The molecule has 0 radical (unpaired) electrons. The summed E-state index contributed by atoms with van der Waals surface area (Å²) >= 11 is 0. The van der Waals surface area contributed by atoms with E-state index in [2.05, 4.69) is 29.6 Å². The van der Waals surface area contributed by atoms with Crippen LogP contribution < -0.4 is 5.32 Å². The molecule has 3 heteroatoms. The maximum atomic E-state index is 9.59. The summed E-state index contributed by atoms with van der Waals surface area (Å²) in [4.78, 5) is 0. The average molecular weight is 237 g/mol. The molecule has 2 N–H and O–H groups in total. The van der Waals surface area contributed by atoms with Crippen molar-refractivity contribution < 1.29 is 9.84 Å². The van der Waals surface area contributed by atoms with Crippen LogP contribution in [0, 0.1) is 0 Å². The molecule has 0 aromatic heterocycles. The maximum absolute atomic E-state index is 9.59. The Labute approximate surface area is 104 Å². The number of hydrogen-bond donors (Lipinski definition) is 2. The van der Waals surface area contributed by atoms with Gasteiger partial charge in [-0.05, 0) is 31.9 Å². The van der Waals surface area contributed by atoms with Crippen LogP contribution in [0.25, 0.3) is 0 Å². The van der Waals surface area contributed by atoms with E-state index >= 15 is 0 Å². The lowest BCUT2D eigenvalue weighted by molar-refractivity contribution is 0.0956. The molecule has 1 atom stereocenters. The summed E-state index contributed by atoms with van der Waals surface area (Å²) in [6, 6.07) is 8.30. The molecule has 0 heterocycles. The Hall–Kier alpha value is -0.900. The number of nitrogens with one attached hydrogen (secondary N) is 1. The number of aliphatic hydroxyl groups is 1. The van der Waals surface area contributed by atoms with Crippen LogP contribution in [0.4, 0.5) is 0 Å². The van der Waals surface area contributed by atoms with Crippen molar-refractivity contribution in [1.82, 2.24) is 5.32 Å². The van der Waals surface area contributed by atoms with Crippen molar-refractivity contribution in [2.24, 2.45) is 0 Å². The van der Waals surface area contributed by atoms with Crippen LogP contribution in [0.2, 0.25) is 0 Å². The molecule has 0 saturated carbocycles. The molecule has 1 aromatic carbocycles. The first kappa shape index (κ1) is 14.2. The number of methoxy groups -OCH3 is 1. The first-order chi connectivity index (χ1) is 7.95. The topological polar surface area (TPSA) is 41.5 Å². The van der Waals surface area contributed by atoms with E-state index in [0.29, 0.717) is 6.61 Å². The van der Waals surface area contributed by atoms with Gasteiger partial charge >= 0.3 is 0 Å². The van der Waals surface area contributed by atoms with Gasteiger partial charge in [0.05, 0.1) is 12.7 Å². The summed E-state index contributed by atoms with van der Waals surface area (Å²) < 4.78 is 5.06. The highest BCUT2D eigenvalue weighted by molar-refractivity contribution is 5.22. The van der Waals surface area contributed by atoms with Crippen molar-refractivity contribution in [1.29, 1.82) is 0 Å². The number of hydrogen-bond acceptors (Lipinski definition) is 3. The largest absolute Gasteiger partial charge is 0.392 e. The lowest BCUT2D eigenvalue weighted by Gasteiger charge is -2.29. The van der Waals surface area contributed by atoms with E-state index in [0.717, 1.165) is 6.54 Å². The highest BCUT2D eigenvalue weighted by Gasteiger charge is 2.22. The van der Waals surface area contributed by atoms with E-state index in [1.165, 1.54) is 11.1 Å². The standard InChI is InChI=1S/C14H23NO2/c1-11(16)14(2,3)15-9-12-5-7-13(8-6-12)10-17-4/h5-8,11,15-16H,9-10H2,1-4H3. The fourth-order valence-corrected chi connectivity index (χ4v) is 1.40. The zero-order valence-electron chi connectivity index (χ0n) is 11.2. The molecule has 0 aliphatic heterocycles. The van der Waals surface area contributed by atoms with E-state index < -0.39 is 0 Å². The first-order valence-electron chi connectivity index (χ1n) is 5.95. The second-order valence-electron chi connectivity index (χ2n) is 5.00. The lowest BCUT2D eigenvalue weighted by atomic mass is 9.98. The minimum Gasteiger partial charge on any atom is -0.392 e. The molecule has 0 bridgehead atoms. The molecule has 0 saturated heterocycles. The average Bonchev–Trinajstić information content (AvgIpc) is 2.28. The predicted octanol–water partition coefficient (Wildman–Crippen LogP) is 2.08. The van der Waals surface area contributed by atoms with Crippen LogP contribution in [0.1, 0.15) is 31.9 Å². The Kier molecular flexibility index (Phi) is 5.12. The van der Waals surface area contributed by atoms with Gasteiger partial charge in [0.2, 0.25) is 0 Å². The van der Waals surface area contributed by atoms with E-state index in [9.17, 15) is 5.11 Å². The molecule has 1 aromatic rings. The zero-order valence-corrected chi connectivity index (χ0v) is 11.2. The Morgan fingerprint density at radius 3 is 2.24 bits per heavy atom. The highest BCUT2D eigenvalue weighted by atomic mass is 16.5. The van der Waals surface area contributed by atoms with E-state index in [4.69, 9.17) is 4.74 Å². The Balaban J connectivity index is 2.52. The second kappa shape index (κ2) is 6.15. The van der Waals surface area contributed by atoms with Gasteiger partial charge in [-0.1, -0.05) is 24.3 Å². The van der Waals surface area contributed by atoms with Gasteiger partial charge < -0.3 is 15.2 Å². The van der Waals surface area contributed by atoms with Crippen LogP contribution in [0.5, 0.6) is 0 Å². The van der Waals surface area contributed by atoms with Gasteiger partial charge in [-0.2, -0.15) is 0 Å². The van der Waals surface area contributed by atoms with Crippen LogP contribution in [0.15, 0.2) is 24.3 Å². The highest BCUT2D eigenvalue weighted by Crippen LogP contribution is 2.11. The van der Waals surface area contributed by atoms with Gasteiger partial charge in [0.15, 0.2) is 0 Å². The zero-order chi connectivity index (χ0) is 12.9. The van der Waals surface area contributed by atoms with Crippen molar-refractivity contribution in [3.8, 4) is 0 Å². The van der Waals surface area contributed by atoms with Crippen molar-refractivity contribution in [2.45, 2.75) is 45.6 Å². The van der Waals surface area contributed by atoms with Crippen LogP contribution >= 0.6 is 0 Å². The molecule has 1 rings (SSSR count). The summed E-state index contributed by atoms with van der Waals surface area (Å²) in [5.41, 5.74) is 2.11. The summed E-state index contributed by atoms with van der Waals surface area (Å²) in [6.07, 6.45) is -0.379. The number of ether oxygens (including phenoxy) is 1. The van der Waals surface area contributed by atoms with Crippen LogP contribution in [-0.2, 0) is 17.9 Å². The molecule has 3 nitrogen and oxygen atoms in total. The quantitative estimate of drug-likeness (QED) is 0.796. The molecule has 96 valence electrons. The van der Waals surface area contributed by atoms with Gasteiger partial charge in [0.1, 0.15) is 0 Å². The van der Waals surface area contributed by atoms with Gasteiger partial charge in [-0.15, -0.1) is 0 Å². The van der Waals surface area contributed by atoms with Crippen LogP contribution in [-0.4, -0.2) is 23.9 Å². The monoisotopic (exact) mass is 237 g/mol. The van der Waals surface area contributed by atoms with E-state index in [1.807, 2.05) is 13.8 Å². The summed E-state index contributed by atoms with van der Waals surface area (Å²) in [5.74, 6) is 0. The SMILES string of the molecule is COCc1ccc(CNC(C)(C)C(C)O)cc1. The van der Waals surface area contributed by atoms with Gasteiger partial charge in [-0.3, -0.25) is 0 Å². The van der Waals surface area contributed by atoms with Gasteiger partial charge in [0.25, 0.3) is 0 Å². The summed E-state index contributed by atoms with van der Waals surface area (Å²) in [7, 11) is 1.70. The Bertz CT molecular complexity index is 331. The van der Waals surface area contributed by atoms with Crippen molar-refractivity contribution in [3.63, 3.8) is 0 Å². The summed E-state index contributed by atoms with van der Waals surface area (Å²) in [6.45, 7) is 7.20. The maximum Gasteiger partial charge on any atom is 0.0713 e. The predicted molar refractivity (Wildman–Crippen MR) is 69.8 cm³/mol. The van der Waals surface area contributed by atoms with Gasteiger partial charge in [0, 0.05) is 19.2 Å². The molecule has 0 aliphatic rings. The molecular weight excluding hydrogens is 214 g/mol. The van der Waals surface area contributed by atoms with Crippen LogP contribution in [0.3, 0.4) is 0 Å². The van der Waals surface area contributed by atoms with E-state index in [1.54, 1.807) is 14.0 Å². The fourth-order valence-electron chi connectivity index (χ4n) is 1.40. The number of aliphatic hydroxyl groups excluding tert-OH is 1. The van der Waals surface area contributed by atoms with Crippen molar-refractivity contribution >= 4 is 0 Å². The molecular formula is C14H23NO2. The van der Waals surface area contributed by atoms with E-state index in [-0.39, 0.29) is 11.6 Å². The third kappa shape index (κ3) is 4.46. The normalized spacial score (nSPS) is 13.7. The molecule has 17 heavy (non-hydrogen) atoms. The Morgan fingerprint density at radius 2 is 1.76 bits per heavy atom. The Morgan fingerprint density at radius 1 is 1.24 bits per heavy atom. The summed E-state index contributed by atoms with van der Waals surface area (Å²) in [5, 5.41) is 12.9. The minimum absolute atomic E-state index is 0.273. The third-order valence-corrected chi connectivity index (χ3v) is 3.13. The smallest absolute Gasteiger partial charge is 0.0713 e. The fraction of sp³-hybridized carbons (Fsp3) is 0.571. The molecule has 0 fully saturated rings. The molecule has 1 unspecified atom stereocenters.